The first kappa shape index (κ1) is 17.0. The van der Waals surface area contributed by atoms with Crippen LogP contribution >= 0.6 is 11.6 Å². The molecule has 1 heterocycles. The Morgan fingerprint density at radius 2 is 2.05 bits per heavy atom. The van der Waals surface area contributed by atoms with E-state index in [0.29, 0.717) is 6.04 Å². The topological polar surface area (TPSA) is 41.0 Å². The molecule has 2 aromatic rings. The zero-order chi connectivity index (χ0) is 15.9. The van der Waals surface area contributed by atoms with Gasteiger partial charge in [0, 0.05) is 21.8 Å². The summed E-state index contributed by atoms with van der Waals surface area (Å²) in [5.41, 5.74) is 0. The highest BCUT2D eigenvalue weighted by Gasteiger charge is 2.09. The Morgan fingerprint density at radius 1 is 1.27 bits per heavy atom. The molecular formula is C17H25ClN4. The fourth-order valence-corrected chi connectivity index (χ4v) is 2.79. The van der Waals surface area contributed by atoms with E-state index in [1.807, 2.05) is 18.2 Å². The molecule has 2 rings (SSSR count). The van der Waals surface area contributed by atoms with Gasteiger partial charge >= 0.3 is 0 Å². The van der Waals surface area contributed by atoms with Crippen molar-refractivity contribution in [1.82, 2.24) is 15.1 Å². The van der Waals surface area contributed by atoms with Gasteiger partial charge in [-0.2, -0.15) is 5.10 Å². The minimum absolute atomic E-state index is 0.356. The Hall–Kier alpha value is -1.39. The molecule has 4 nitrogen and oxygen atoms in total. The van der Waals surface area contributed by atoms with Crippen molar-refractivity contribution in [2.45, 2.75) is 39.7 Å². The van der Waals surface area contributed by atoms with Gasteiger partial charge in [-0.3, -0.25) is 0 Å². The van der Waals surface area contributed by atoms with Crippen LogP contribution in [0.2, 0.25) is 5.02 Å². The fraction of sp³-hybridized carbons (Fsp3) is 0.529. The Balaban J connectivity index is 1.97. The van der Waals surface area contributed by atoms with Crippen molar-refractivity contribution in [3.05, 3.63) is 29.4 Å². The average Bonchev–Trinajstić information content (AvgIpc) is 2.52. The molecule has 5 heteroatoms. The zero-order valence-corrected chi connectivity index (χ0v) is 14.4. The van der Waals surface area contributed by atoms with E-state index in [2.05, 4.69) is 41.2 Å². The summed E-state index contributed by atoms with van der Waals surface area (Å²) in [4.78, 5) is 2.45. The summed E-state index contributed by atoms with van der Waals surface area (Å²) in [7, 11) is 0. The summed E-state index contributed by atoms with van der Waals surface area (Å²) in [5, 5.41) is 14.6. The second-order valence-electron chi connectivity index (χ2n) is 5.64. The van der Waals surface area contributed by atoms with Crippen LogP contribution in [0.3, 0.4) is 0 Å². The molecule has 22 heavy (non-hydrogen) atoms. The number of halogens is 1. The first-order valence-corrected chi connectivity index (χ1v) is 8.41. The van der Waals surface area contributed by atoms with Crippen LogP contribution in [-0.2, 0) is 0 Å². The van der Waals surface area contributed by atoms with Gasteiger partial charge in [0.1, 0.15) is 0 Å². The lowest BCUT2D eigenvalue weighted by atomic mass is 10.1. The van der Waals surface area contributed by atoms with E-state index in [9.17, 15) is 0 Å². The highest BCUT2D eigenvalue weighted by atomic mass is 35.5. The van der Waals surface area contributed by atoms with Crippen molar-refractivity contribution in [3.8, 4) is 0 Å². The number of rotatable bonds is 8. The van der Waals surface area contributed by atoms with Crippen LogP contribution in [-0.4, -0.2) is 40.8 Å². The van der Waals surface area contributed by atoms with E-state index in [-0.39, 0.29) is 0 Å². The van der Waals surface area contributed by atoms with Gasteiger partial charge in [0.25, 0.3) is 0 Å². The molecule has 0 spiro atoms. The zero-order valence-electron chi connectivity index (χ0n) is 13.6. The molecular weight excluding hydrogens is 296 g/mol. The number of fused-ring (bicyclic) bond motifs is 1. The second-order valence-corrected chi connectivity index (χ2v) is 6.08. The van der Waals surface area contributed by atoms with Gasteiger partial charge in [0.05, 0.1) is 6.20 Å². The molecule has 1 aromatic carbocycles. The van der Waals surface area contributed by atoms with E-state index in [0.717, 1.165) is 47.7 Å². The lowest BCUT2D eigenvalue weighted by Crippen LogP contribution is -2.25. The highest BCUT2D eigenvalue weighted by Crippen LogP contribution is 2.24. The minimum atomic E-state index is 0.356. The van der Waals surface area contributed by atoms with Crippen LogP contribution in [0.15, 0.2) is 24.4 Å². The third kappa shape index (κ3) is 4.55. The van der Waals surface area contributed by atoms with Crippen LogP contribution in [0.5, 0.6) is 0 Å². The van der Waals surface area contributed by atoms with E-state index in [1.54, 1.807) is 6.20 Å². The fourth-order valence-electron chi connectivity index (χ4n) is 2.62. The van der Waals surface area contributed by atoms with Crippen molar-refractivity contribution in [3.63, 3.8) is 0 Å². The monoisotopic (exact) mass is 320 g/mol. The van der Waals surface area contributed by atoms with Gasteiger partial charge < -0.3 is 10.2 Å². The summed E-state index contributed by atoms with van der Waals surface area (Å²) < 4.78 is 0. The van der Waals surface area contributed by atoms with Gasteiger partial charge in [-0.25, -0.2) is 0 Å². The number of nitrogens with one attached hydrogen (secondary N) is 1. The molecule has 0 bridgehead atoms. The van der Waals surface area contributed by atoms with Crippen molar-refractivity contribution < 1.29 is 0 Å². The van der Waals surface area contributed by atoms with E-state index >= 15 is 0 Å². The molecule has 0 aliphatic carbocycles. The van der Waals surface area contributed by atoms with Crippen molar-refractivity contribution in [2.24, 2.45) is 0 Å². The second kappa shape index (κ2) is 8.30. The summed E-state index contributed by atoms with van der Waals surface area (Å²) in [6, 6.07) is 6.15. The number of anilines is 1. The van der Waals surface area contributed by atoms with Gasteiger partial charge in [0.15, 0.2) is 5.82 Å². The standard InChI is InChI=1S/C17H25ClN4/c1-4-22(5-2)10-6-7-13(3)20-17-16-11-15(18)9-8-14(16)12-19-21-17/h8-9,11-13H,4-7,10H2,1-3H3,(H,20,21). The molecule has 0 amide bonds. The van der Waals surface area contributed by atoms with Gasteiger partial charge in [-0.15, -0.1) is 5.10 Å². The molecule has 0 radical (unpaired) electrons. The summed E-state index contributed by atoms with van der Waals surface area (Å²) in [6.07, 6.45) is 4.05. The number of hydrogen-bond acceptors (Lipinski definition) is 4. The predicted octanol–water partition coefficient (Wildman–Crippen LogP) is 4.21. The van der Waals surface area contributed by atoms with Crippen molar-refractivity contribution >= 4 is 28.2 Å². The maximum atomic E-state index is 6.10. The molecule has 0 fully saturated rings. The number of hydrogen-bond donors (Lipinski definition) is 1. The predicted molar refractivity (Wildman–Crippen MR) is 94.7 cm³/mol. The molecule has 0 aliphatic heterocycles. The SMILES string of the molecule is CCN(CC)CCCC(C)Nc1nncc2ccc(Cl)cc12. The number of benzene rings is 1. The van der Waals surface area contributed by atoms with Crippen LogP contribution in [0, 0.1) is 0 Å². The van der Waals surface area contributed by atoms with Gasteiger partial charge in [-0.05, 0) is 51.5 Å². The normalized spacial score (nSPS) is 12.8. The summed E-state index contributed by atoms with van der Waals surface area (Å²) >= 11 is 6.10. The Labute approximate surface area is 137 Å². The summed E-state index contributed by atoms with van der Waals surface area (Å²) in [5.74, 6) is 0.815. The third-order valence-corrected chi connectivity index (χ3v) is 4.25. The molecule has 0 saturated heterocycles. The van der Waals surface area contributed by atoms with Gasteiger partial charge in [-0.1, -0.05) is 31.5 Å². The lowest BCUT2D eigenvalue weighted by Gasteiger charge is -2.20. The molecule has 1 aromatic heterocycles. The molecule has 1 atom stereocenters. The Bertz CT molecular complexity index is 598. The number of nitrogens with zero attached hydrogens (tertiary/aromatic N) is 3. The minimum Gasteiger partial charge on any atom is -0.366 e. The van der Waals surface area contributed by atoms with Crippen LogP contribution in [0.1, 0.15) is 33.6 Å². The Kier molecular flexibility index (Phi) is 6.40. The van der Waals surface area contributed by atoms with E-state index < -0.39 is 0 Å². The molecule has 1 unspecified atom stereocenters. The third-order valence-electron chi connectivity index (χ3n) is 4.01. The maximum Gasteiger partial charge on any atom is 0.156 e. The van der Waals surface area contributed by atoms with Crippen molar-refractivity contribution in [2.75, 3.05) is 25.0 Å². The first-order valence-electron chi connectivity index (χ1n) is 8.03. The van der Waals surface area contributed by atoms with Gasteiger partial charge in [0.2, 0.25) is 0 Å². The quantitative estimate of drug-likeness (QED) is 0.791. The maximum absolute atomic E-state index is 6.10. The Morgan fingerprint density at radius 3 is 2.77 bits per heavy atom. The molecule has 0 aliphatic rings. The van der Waals surface area contributed by atoms with Crippen molar-refractivity contribution in [1.29, 1.82) is 0 Å². The molecule has 120 valence electrons. The first-order chi connectivity index (χ1) is 10.6. The smallest absolute Gasteiger partial charge is 0.156 e. The van der Waals surface area contributed by atoms with E-state index in [1.165, 1.54) is 6.42 Å². The lowest BCUT2D eigenvalue weighted by molar-refractivity contribution is 0.295. The van der Waals surface area contributed by atoms with E-state index in [4.69, 9.17) is 11.6 Å². The highest BCUT2D eigenvalue weighted by molar-refractivity contribution is 6.31. The van der Waals surface area contributed by atoms with Crippen LogP contribution in [0.25, 0.3) is 10.8 Å². The number of aromatic nitrogens is 2. The summed E-state index contributed by atoms with van der Waals surface area (Å²) in [6.45, 7) is 9.98. The molecule has 1 N–H and O–H groups in total. The largest absolute Gasteiger partial charge is 0.366 e. The van der Waals surface area contributed by atoms with Crippen LogP contribution < -0.4 is 5.32 Å². The molecule has 0 saturated carbocycles. The van der Waals surface area contributed by atoms with Crippen LogP contribution in [0.4, 0.5) is 5.82 Å². The average molecular weight is 321 g/mol.